The van der Waals surface area contributed by atoms with Crippen LogP contribution in [0.1, 0.15) is 37.1 Å². The second-order valence-electron chi connectivity index (χ2n) is 6.51. The van der Waals surface area contributed by atoms with E-state index in [1.165, 1.54) is 17.7 Å². The molecule has 0 bridgehead atoms. The van der Waals surface area contributed by atoms with Crippen molar-refractivity contribution < 1.29 is 4.74 Å². The zero-order valence-electron chi connectivity index (χ0n) is 15.3. The molecule has 0 amide bonds. The molecule has 6 heteroatoms. The van der Waals surface area contributed by atoms with Gasteiger partial charge in [-0.25, -0.2) is 0 Å². The number of ether oxygens (including phenoxy) is 1. The number of aliphatic imine (C=N–C) groups is 1. The topological polar surface area (TPSA) is 48.9 Å². The van der Waals surface area contributed by atoms with Gasteiger partial charge >= 0.3 is 0 Å². The van der Waals surface area contributed by atoms with Crippen LogP contribution >= 0.6 is 11.3 Å². The van der Waals surface area contributed by atoms with Gasteiger partial charge in [-0.1, -0.05) is 6.07 Å². The van der Waals surface area contributed by atoms with Crippen LogP contribution in [-0.4, -0.2) is 57.8 Å². The van der Waals surface area contributed by atoms with Gasteiger partial charge in [0.25, 0.3) is 0 Å². The van der Waals surface area contributed by atoms with Crippen LogP contribution in [0, 0.1) is 5.92 Å². The molecule has 0 aliphatic heterocycles. The molecule has 1 aromatic heterocycles. The molecule has 5 nitrogen and oxygen atoms in total. The summed E-state index contributed by atoms with van der Waals surface area (Å²) in [4.78, 5) is 8.35. The van der Waals surface area contributed by atoms with E-state index in [4.69, 9.17) is 9.73 Å². The largest absolute Gasteiger partial charge is 0.381 e. The monoisotopic (exact) mass is 352 g/mol. The molecule has 1 saturated carbocycles. The Balaban J connectivity index is 1.73. The van der Waals surface area contributed by atoms with E-state index in [9.17, 15) is 0 Å². The number of guanidine groups is 1. The highest BCUT2D eigenvalue weighted by Gasteiger charge is 2.20. The molecule has 24 heavy (non-hydrogen) atoms. The number of nitrogens with one attached hydrogen (secondary N) is 2. The second-order valence-corrected chi connectivity index (χ2v) is 7.49. The van der Waals surface area contributed by atoms with Crippen LogP contribution in [-0.2, 0) is 4.74 Å². The van der Waals surface area contributed by atoms with Gasteiger partial charge in [-0.05, 0) is 57.6 Å². The zero-order valence-corrected chi connectivity index (χ0v) is 16.1. The minimum absolute atomic E-state index is 0.322. The summed E-state index contributed by atoms with van der Waals surface area (Å²) in [6, 6.07) is 4.61. The minimum atomic E-state index is 0.322. The molecular formula is C18H32N4OS. The van der Waals surface area contributed by atoms with Gasteiger partial charge in [0.1, 0.15) is 0 Å². The smallest absolute Gasteiger partial charge is 0.191 e. The number of hydrogen-bond acceptors (Lipinski definition) is 4. The molecule has 0 spiro atoms. The highest BCUT2D eigenvalue weighted by molar-refractivity contribution is 7.10. The molecule has 0 saturated heterocycles. The average molecular weight is 353 g/mol. The molecule has 1 atom stereocenters. The van der Waals surface area contributed by atoms with Crippen LogP contribution in [0.15, 0.2) is 22.5 Å². The third-order valence-electron chi connectivity index (χ3n) is 4.07. The lowest BCUT2D eigenvalue weighted by molar-refractivity contribution is 0.123. The van der Waals surface area contributed by atoms with Crippen molar-refractivity contribution in [2.24, 2.45) is 10.9 Å². The first-order chi connectivity index (χ1) is 11.7. The number of likely N-dealkylation sites (N-methyl/N-ethyl adjacent to an activating group) is 1. The van der Waals surface area contributed by atoms with Gasteiger partial charge in [0.15, 0.2) is 5.96 Å². The number of rotatable bonds is 11. The van der Waals surface area contributed by atoms with Crippen LogP contribution in [0.2, 0.25) is 0 Å². The Morgan fingerprint density at radius 2 is 2.25 bits per heavy atom. The predicted molar refractivity (Wildman–Crippen MR) is 103 cm³/mol. The maximum absolute atomic E-state index is 5.67. The maximum Gasteiger partial charge on any atom is 0.191 e. The van der Waals surface area contributed by atoms with Crippen LogP contribution < -0.4 is 10.6 Å². The van der Waals surface area contributed by atoms with Crippen molar-refractivity contribution in [2.45, 2.75) is 32.2 Å². The summed E-state index contributed by atoms with van der Waals surface area (Å²) in [5.41, 5.74) is 0. The van der Waals surface area contributed by atoms with Crippen molar-refractivity contribution in [1.29, 1.82) is 0 Å². The van der Waals surface area contributed by atoms with E-state index in [1.54, 1.807) is 11.3 Å². The van der Waals surface area contributed by atoms with E-state index >= 15 is 0 Å². The minimum Gasteiger partial charge on any atom is -0.381 e. The fourth-order valence-corrected chi connectivity index (χ4v) is 3.34. The Labute approximate surface area is 150 Å². The highest BCUT2D eigenvalue weighted by atomic mass is 32.1. The van der Waals surface area contributed by atoms with Crippen molar-refractivity contribution in [3.63, 3.8) is 0 Å². The zero-order chi connectivity index (χ0) is 17.2. The molecular weight excluding hydrogens is 320 g/mol. The normalized spacial score (nSPS) is 16.4. The molecule has 0 aromatic carbocycles. The van der Waals surface area contributed by atoms with Crippen LogP contribution in [0.4, 0.5) is 0 Å². The van der Waals surface area contributed by atoms with Gasteiger partial charge in [0, 0.05) is 31.2 Å². The van der Waals surface area contributed by atoms with Gasteiger partial charge in [-0.2, -0.15) is 0 Å². The van der Waals surface area contributed by atoms with Crippen molar-refractivity contribution in [1.82, 2.24) is 15.5 Å². The molecule has 0 radical (unpaired) electrons. The van der Waals surface area contributed by atoms with E-state index in [1.807, 2.05) is 0 Å². The van der Waals surface area contributed by atoms with Crippen molar-refractivity contribution >= 4 is 17.3 Å². The summed E-state index contributed by atoms with van der Waals surface area (Å²) in [6.07, 6.45) is 3.72. The van der Waals surface area contributed by atoms with E-state index in [0.29, 0.717) is 6.04 Å². The first-order valence-corrected chi connectivity index (χ1v) is 9.88. The molecule has 1 aliphatic rings. The first kappa shape index (κ1) is 19.2. The molecule has 1 aromatic rings. The molecule has 1 aliphatic carbocycles. The lowest BCUT2D eigenvalue weighted by atomic mass is 10.2. The fourth-order valence-electron chi connectivity index (χ4n) is 2.42. The number of nitrogens with zero attached hydrogens (tertiary/aromatic N) is 2. The highest BCUT2D eigenvalue weighted by Crippen LogP contribution is 2.28. The van der Waals surface area contributed by atoms with Crippen LogP contribution in [0.25, 0.3) is 0 Å². The number of hydrogen-bond donors (Lipinski definition) is 2. The van der Waals surface area contributed by atoms with Gasteiger partial charge in [0.05, 0.1) is 12.6 Å². The number of thiophene rings is 1. The Morgan fingerprint density at radius 3 is 2.88 bits per heavy atom. The van der Waals surface area contributed by atoms with Crippen molar-refractivity contribution in [3.8, 4) is 0 Å². The van der Waals surface area contributed by atoms with Gasteiger partial charge in [-0.3, -0.25) is 4.99 Å². The van der Waals surface area contributed by atoms with Crippen molar-refractivity contribution in [3.05, 3.63) is 22.4 Å². The second kappa shape index (κ2) is 10.7. The van der Waals surface area contributed by atoms with Gasteiger partial charge < -0.3 is 20.3 Å². The Kier molecular flexibility index (Phi) is 8.56. The summed E-state index contributed by atoms with van der Waals surface area (Å²) in [7, 11) is 4.22. The fraction of sp³-hybridized carbons (Fsp3) is 0.722. The van der Waals surface area contributed by atoms with Gasteiger partial charge in [-0.15, -0.1) is 11.3 Å². The standard InChI is InChI=1S/C18H32N4OS/c1-4-19-18(20-10-6-11-23-14-15-8-9-15)21-13-16(22(2)3)17-7-5-12-24-17/h5,7,12,15-16H,4,6,8-11,13-14H2,1-3H3,(H2,19,20,21). The molecule has 136 valence electrons. The van der Waals surface area contributed by atoms with E-state index in [0.717, 1.165) is 51.1 Å². The third kappa shape index (κ3) is 7.20. The van der Waals surface area contributed by atoms with Crippen LogP contribution in [0.3, 0.4) is 0 Å². The summed E-state index contributed by atoms with van der Waals surface area (Å²) in [5.74, 6) is 1.74. The third-order valence-corrected chi connectivity index (χ3v) is 5.04. The Hall–Kier alpha value is -1.11. The average Bonchev–Trinajstić information content (AvgIpc) is 3.23. The molecule has 2 rings (SSSR count). The molecule has 1 heterocycles. The van der Waals surface area contributed by atoms with E-state index < -0.39 is 0 Å². The van der Waals surface area contributed by atoms with Gasteiger partial charge in [0.2, 0.25) is 0 Å². The summed E-state index contributed by atoms with van der Waals surface area (Å²) in [6.45, 7) is 6.38. The summed E-state index contributed by atoms with van der Waals surface area (Å²) in [5, 5.41) is 8.86. The van der Waals surface area contributed by atoms with Crippen molar-refractivity contribution in [2.75, 3.05) is 46.9 Å². The Morgan fingerprint density at radius 1 is 1.42 bits per heavy atom. The summed E-state index contributed by atoms with van der Waals surface area (Å²) < 4.78 is 5.67. The molecule has 1 unspecified atom stereocenters. The lowest BCUT2D eigenvalue weighted by Gasteiger charge is -2.22. The maximum atomic E-state index is 5.67. The molecule has 1 fully saturated rings. The summed E-state index contributed by atoms with van der Waals surface area (Å²) >= 11 is 1.79. The van der Waals surface area contributed by atoms with E-state index in [2.05, 4.69) is 54.1 Å². The lowest BCUT2D eigenvalue weighted by Crippen LogP contribution is -2.38. The first-order valence-electron chi connectivity index (χ1n) is 9.00. The SMILES string of the molecule is CCNC(=NCC(c1cccs1)N(C)C)NCCCOCC1CC1. The molecule has 2 N–H and O–H groups in total. The van der Waals surface area contributed by atoms with E-state index in [-0.39, 0.29) is 0 Å². The Bertz CT molecular complexity index is 471. The van der Waals surface area contributed by atoms with Crippen LogP contribution in [0.5, 0.6) is 0 Å². The quantitative estimate of drug-likeness (QED) is 0.365. The predicted octanol–water partition coefficient (Wildman–Crippen LogP) is 2.72.